The first-order chi connectivity index (χ1) is 6.75. The van der Waals surface area contributed by atoms with Gasteiger partial charge in [-0.25, -0.2) is 9.97 Å². The molecule has 3 nitrogen and oxygen atoms in total. The van der Waals surface area contributed by atoms with E-state index in [-0.39, 0.29) is 12.4 Å². The van der Waals surface area contributed by atoms with Crippen molar-refractivity contribution in [2.45, 2.75) is 31.7 Å². The van der Waals surface area contributed by atoms with Crippen molar-refractivity contribution in [1.82, 2.24) is 15.3 Å². The first-order valence-electron chi connectivity index (χ1n) is 4.96. The smallest absolute Gasteiger partial charge is 0.131 e. The number of nitrogens with zero attached hydrogens (tertiary/aromatic N) is 2. The minimum Gasteiger partial charge on any atom is -0.314 e. The van der Waals surface area contributed by atoms with Crippen LogP contribution in [0.2, 0.25) is 5.02 Å². The molecule has 1 N–H and O–H groups in total. The van der Waals surface area contributed by atoms with Crippen molar-refractivity contribution in [3.63, 3.8) is 0 Å². The lowest BCUT2D eigenvalue weighted by atomic mass is 9.92. The number of hydrogen-bond acceptors (Lipinski definition) is 3. The number of hydrogen-bond donors (Lipinski definition) is 1. The molecule has 2 rings (SSSR count). The molecule has 1 aliphatic heterocycles. The van der Waals surface area contributed by atoms with Crippen LogP contribution in [0.1, 0.15) is 31.5 Å². The Kier molecular flexibility index (Phi) is 4.77. The van der Waals surface area contributed by atoms with E-state index >= 15 is 0 Å². The van der Waals surface area contributed by atoms with Gasteiger partial charge in [-0.15, -0.1) is 12.4 Å². The molecule has 0 aliphatic carbocycles. The summed E-state index contributed by atoms with van der Waals surface area (Å²) in [4.78, 5) is 8.53. The Morgan fingerprint density at radius 2 is 2.07 bits per heavy atom. The third kappa shape index (κ3) is 3.30. The van der Waals surface area contributed by atoms with E-state index in [1.807, 2.05) is 0 Å². The molecule has 84 valence electrons. The van der Waals surface area contributed by atoms with Crippen molar-refractivity contribution in [3.8, 4) is 0 Å². The number of nitrogens with one attached hydrogen (secondary N) is 1. The van der Waals surface area contributed by atoms with Crippen LogP contribution in [-0.4, -0.2) is 22.6 Å². The van der Waals surface area contributed by atoms with E-state index in [1.54, 1.807) is 12.4 Å². The normalized spacial score (nSPS) is 25.7. The maximum Gasteiger partial charge on any atom is 0.131 e. The fourth-order valence-electron chi connectivity index (χ4n) is 1.90. The Hall–Kier alpha value is -0.380. The zero-order valence-electron chi connectivity index (χ0n) is 8.61. The molecule has 0 bridgehead atoms. The highest BCUT2D eigenvalue weighted by Gasteiger charge is 2.21. The summed E-state index contributed by atoms with van der Waals surface area (Å²) < 4.78 is 0. The van der Waals surface area contributed by atoms with Crippen LogP contribution in [0, 0.1) is 0 Å². The topological polar surface area (TPSA) is 37.8 Å². The molecule has 1 aliphatic rings. The molecule has 0 spiro atoms. The molecule has 1 fully saturated rings. The Balaban J connectivity index is 0.00000112. The van der Waals surface area contributed by atoms with Gasteiger partial charge >= 0.3 is 0 Å². The van der Waals surface area contributed by atoms with Crippen LogP contribution >= 0.6 is 24.0 Å². The van der Waals surface area contributed by atoms with Crippen molar-refractivity contribution in [2.24, 2.45) is 0 Å². The van der Waals surface area contributed by atoms with Crippen LogP contribution in [0.3, 0.4) is 0 Å². The molecule has 1 saturated heterocycles. The number of aromatic nitrogens is 2. The van der Waals surface area contributed by atoms with Crippen molar-refractivity contribution in [3.05, 3.63) is 23.2 Å². The van der Waals surface area contributed by atoms with Gasteiger partial charge in [0.2, 0.25) is 0 Å². The highest BCUT2D eigenvalue weighted by molar-refractivity contribution is 6.30. The van der Waals surface area contributed by atoms with Gasteiger partial charge in [-0.1, -0.05) is 11.6 Å². The summed E-state index contributed by atoms with van der Waals surface area (Å²) in [6.07, 6.45) is 5.58. The molecule has 0 amide bonds. The standard InChI is InChI=1S/C10H14ClN3.ClH/c1-7-4-8(2-3-12-7)10-13-5-9(11)6-14-10;/h5-8,12H,2-4H2,1H3;1H/t7-,8?;/m0./s1. The molecule has 1 unspecified atom stereocenters. The first kappa shape index (κ1) is 12.7. The van der Waals surface area contributed by atoms with Gasteiger partial charge in [0, 0.05) is 24.4 Å². The first-order valence-corrected chi connectivity index (χ1v) is 5.34. The van der Waals surface area contributed by atoms with Crippen molar-refractivity contribution in [1.29, 1.82) is 0 Å². The summed E-state index contributed by atoms with van der Waals surface area (Å²) in [6.45, 7) is 3.25. The summed E-state index contributed by atoms with van der Waals surface area (Å²) in [5.41, 5.74) is 0. The van der Waals surface area contributed by atoms with Gasteiger partial charge in [-0.3, -0.25) is 0 Å². The third-order valence-electron chi connectivity index (χ3n) is 2.63. The van der Waals surface area contributed by atoms with Crippen molar-refractivity contribution >= 4 is 24.0 Å². The van der Waals surface area contributed by atoms with Gasteiger partial charge in [0.15, 0.2) is 0 Å². The van der Waals surface area contributed by atoms with E-state index in [4.69, 9.17) is 11.6 Å². The zero-order chi connectivity index (χ0) is 9.97. The van der Waals surface area contributed by atoms with Gasteiger partial charge < -0.3 is 5.32 Å². The summed E-state index contributed by atoms with van der Waals surface area (Å²) in [5, 5.41) is 4.02. The maximum atomic E-state index is 5.74. The monoisotopic (exact) mass is 247 g/mol. The molecule has 0 aromatic carbocycles. The SMILES string of the molecule is C[C@H]1CC(c2ncc(Cl)cn2)CCN1.Cl. The van der Waals surface area contributed by atoms with Gasteiger partial charge in [0.25, 0.3) is 0 Å². The van der Waals surface area contributed by atoms with Crippen molar-refractivity contribution in [2.75, 3.05) is 6.54 Å². The largest absolute Gasteiger partial charge is 0.314 e. The van der Waals surface area contributed by atoms with Crippen LogP contribution in [0.25, 0.3) is 0 Å². The Bertz CT molecular complexity index is 302. The molecule has 15 heavy (non-hydrogen) atoms. The Morgan fingerprint density at radius 1 is 1.40 bits per heavy atom. The Morgan fingerprint density at radius 3 is 2.67 bits per heavy atom. The average Bonchev–Trinajstić information content (AvgIpc) is 2.19. The molecule has 0 saturated carbocycles. The van der Waals surface area contributed by atoms with E-state index in [2.05, 4.69) is 22.2 Å². The van der Waals surface area contributed by atoms with Gasteiger partial charge in [0.05, 0.1) is 5.02 Å². The fourth-order valence-corrected chi connectivity index (χ4v) is 2.00. The van der Waals surface area contributed by atoms with Crippen LogP contribution in [-0.2, 0) is 0 Å². The Labute approximate surface area is 101 Å². The molecular formula is C10H15Cl2N3. The van der Waals surface area contributed by atoms with E-state index < -0.39 is 0 Å². The number of piperidine rings is 1. The molecule has 0 radical (unpaired) electrons. The van der Waals surface area contributed by atoms with Gasteiger partial charge in [0.1, 0.15) is 5.82 Å². The second kappa shape index (κ2) is 5.64. The lowest BCUT2D eigenvalue weighted by molar-refractivity contribution is 0.371. The predicted octanol–water partition coefficient (Wildman–Crippen LogP) is 2.41. The fraction of sp³-hybridized carbons (Fsp3) is 0.600. The van der Waals surface area contributed by atoms with Crippen LogP contribution < -0.4 is 5.32 Å². The van der Waals surface area contributed by atoms with E-state index in [1.165, 1.54) is 0 Å². The van der Waals surface area contributed by atoms with Gasteiger partial charge in [-0.05, 0) is 26.3 Å². The molecule has 1 aromatic heterocycles. The van der Waals surface area contributed by atoms with E-state index in [9.17, 15) is 0 Å². The van der Waals surface area contributed by atoms with E-state index in [0.717, 1.165) is 25.2 Å². The zero-order valence-corrected chi connectivity index (χ0v) is 10.2. The second-order valence-electron chi connectivity index (χ2n) is 3.84. The quantitative estimate of drug-likeness (QED) is 0.829. The van der Waals surface area contributed by atoms with Crippen LogP contribution in [0.4, 0.5) is 0 Å². The lowest BCUT2D eigenvalue weighted by Crippen LogP contribution is -2.35. The third-order valence-corrected chi connectivity index (χ3v) is 2.82. The summed E-state index contributed by atoms with van der Waals surface area (Å²) >= 11 is 5.74. The summed E-state index contributed by atoms with van der Waals surface area (Å²) in [7, 11) is 0. The molecular weight excluding hydrogens is 233 g/mol. The minimum atomic E-state index is 0. The highest BCUT2D eigenvalue weighted by Crippen LogP contribution is 2.24. The number of rotatable bonds is 1. The van der Waals surface area contributed by atoms with E-state index in [0.29, 0.717) is 17.0 Å². The average molecular weight is 248 g/mol. The van der Waals surface area contributed by atoms with Crippen LogP contribution in [0.15, 0.2) is 12.4 Å². The van der Waals surface area contributed by atoms with Gasteiger partial charge in [-0.2, -0.15) is 0 Å². The predicted molar refractivity (Wildman–Crippen MR) is 63.7 cm³/mol. The second-order valence-corrected chi connectivity index (χ2v) is 4.27. The number of halogens is 2. The summed E-state index contributed by atoms with van der Waals surface area (Å²) in [6, 6.07) is 0.563. The maximum absolute atomic E-state index is 5.74. The summed E-state index contributed by atoms with van der Waals surface area (Å²) in [5.74, 6) is 1.42. The lowest BCUT2D eigenvalue weighted by Gasteiger charge is -2.26. The molecule has 1 aromatic rings. The molecule has 2 atom stereocenters. The minimum absolute atomic E-state index is 0. The molecule has 5 heteroatoms. The van der Waals surface area contributed by atoms with Crippen molar-refractivity contribution < 1.29 is 0 Å². The molecule has 2 heterocycles. The highest BCUT2D eigenvalue weighted by atomic mass is 35.5. The van der Waals surface area contributed by atoms with Crippen LogP contribution in [0.5, 0.6) is 0 Å².